The number of sulfone groups is 1. The van der Waals surface area contributed by atoms with Crippen LogP contribution in [0.3, 0.4) is 0 Å². The Bertz CT molecular complexity index is 310. The molecular formula is C11H23NO2S. The highest BCUT2D eigenvalue weighted by Crippen LogP contribution is 2.38. The summed E-state index contributed by atoms with van der Waals surface area (Å²) >= 11 is 0. The third-order valence-corrected chi connectivity index (χ3v) is 5.28. The minimum atomic E-state index is -2.91. The van der Waals surface area contributed by atoms with Crippen molar-refractivity contribution >= 4 is 9.84 Å². The van der Waals surface area contributed by atoms with E-state index in [1.807, 2.05) is 0 Å². The van der Waals surface area contributed by atoms with Gasteiger partial charge in [-0.05, 0) is 18.3 Å². The van der Waals surface area contributed by atoms with Crippen LogP contribution in [0.15, 0.2) is 0 Å². The Labute approximate surface area is 93.6 Å². The highest BCUT2D eigenvalue weighted by Gasteiger charge is 2.45. The lowest BCUT2D eigenvalue weighted by Gasteiger charge is -2.40. The molecule has 1 aliphatic rings. The third-order valence-electron chi connectivity index (χ3n) is 3.15. The topological polar surface area (TPSA) is 46.2 Å². The van der Waals surface area contributed by atoms with Crippen LogP contribution >= 0.6 is 0 Å². The molecule has 0 aromatic heterocycles. The Morgan fingerprint density at radius 1 is 1.27 bits per heavy atom. The first kappa shape index (κ1) is 13.0. The van der Waals surface area contributed by atoms with Crippen LogP contribution in [0.2, 0.25) is 0 Å². The van der Waals surface area contributed by atoms with Gasteiger partial charge in [0.15, 0.2) is 9.84 Å². The van der Waals surface area contributed by atoms with Gasteiger partial charge in [-0.15, -0.1) is 0 Å². The second kappa shape index (κ2) is 4.06. The first-order chi connectivity index (χ1) is 6.66. The molecule has 0 aromatic rings. The van der Waals surface area contributed by atoms with Gasteiger partial charge in [0, 0.05) is 19.3 Å². The SMILES string of the molecule is CC(C)(C)CNCC1(S(C)(=O)=O)CCC1. The van der Waals surface area contributed by atoms with Crippen LogP contribution in [0.5, 0.6) is 0 Å². The van der Waals surface area contributed by atoms with Gasteiger partial charge >= 0.3 is 0 Å². The number of nitrogens with one attached hydrogen (secondary N) is 1. The standard InChI is InChI=1S/C11H23NO2S/c1-10(2,3)8-12-9-11(6-5-7-11)15(4,13)14/h12H,5-9H2,1-4H3. The smallest absolute Gasteiger partial charge is 0.154 e. The Morgan fingerprint density at radius 3 is 2.07 bits per heavy atom. The summed E-state index contributed by atoms with van der Waals surface area (Å²) in [6, 6.07) is 0. The molecule has 1 fully saturated rings. The summed E-state index contributed by atoms with van der Waals surface area (Å²) in [4.78, 5) is 0. The van der Waals surface area contributed by atoms with Crippen molar-refractivity contribution in [2.75, 3.05) is 19.3 Å². The predicted molar refractivity (Wildman–Crippen MR) is 63.8 cm³/mol. The Kier molecular flexibility index (Phi) is 3.51. The molecule has 0 heterocycles. The van der Waals surface area contributed by atoms with Crippen LogP contribution in [0.25, 0.3) is 0 Å². The minimum absolute atomic E-state index is 0.211. The lowest BCUT2D eigenvalue weighted by molar-refractivity contribution is 0.298. The van der Waals surface area contributed by atoms with Crippen molar-refractivity contribution in [3.63, 3.8) is 0 Å². The van der Waals surface area contributed by atoms with E-state index in [9.17, 15) is 8.42 Å². The quantitative estimate of drug-likeness (QED) is 0.802. The van der Waals surface area contributed by atoms with Gasteiger partial charge in [0.25, 0.3) is 0 Å². The summed E-state index contributed by atoms with van der Waals surface area (Å²) in [5.74, 6) is 0. The number of hydrogen-bond acceptors (Lipinski definition) is 3. The molecule has 1 saturated carbocycles. The summed E-state index contributed by atoms with van der Waals surface area (Å²) in [7, 11) is -2.91. The first-order valence-electron chi connectivity index (χ1n) is 5.57. The van der Waals surface area contributed by atoms with Gasteiger partial charge in [0.1, 0.15) is 0 Å². The molecule has 0 saturated heterocycles. The van der Waals surface area contributed by atoms with E-state index in [2.05, 4.69) is 26.1 Å². The van der Waals surface area contributed by atoms with Crippen LogP contribution in [0, 0.1) is 5.41 Å². The minimum Gasteiger partial charge on any atom is -0.315 e. The van der Waals surface area contributed by atoms with Gasteiger partial charge in [-0.3, -0.25) is 0 Å². The first-order valence-corrected chi connectivity index (χ1v) is 7.46. The van der Waals surface area contributed by atoms with Crippen LogP contribution in [0.1, 0.15) is 40.0 Å². The van der Waals surface area contributed by atoms with Crippen molar-refractivity contribution in [2.24, 2.45) is 5.41 Å². The van der Waals surface area contributed by atoms with Crippen molar-refractivity contribution < 1.29 is 8.42 Å². The third kappa shape index (κ3) is 3.18. The van der Waals surface area contributed by atoms with Crippen LogP contribution < -0.4 is 5.32 Å². The van der Waals surface area contributed by atoms with E-state index in [0.717, 1.165) is 25.8 Å². The highest BCUT2D eigenvalue weighted by molar-refractivity contribution is 7.92. The fourth-order valence-corrected chi connectivity index (χ4v) is 3.31. The van der Waals surface area contributed by atoms with E-state index in [-0.39, 0.29) is 5.41 Å². The molecule has 0 aromatic carbocycles. The Hall–Kier alpha value is -0.0900. The number of rotatable bonds is 4. The number of hydrogen-bond donors (Lipinski definition) is 1. The molecule has 0 spiro atoms. The van der Waals surface area contributed by atoms with Crippen LogP contribution in [-0.2, 0) is 9.84 Å². The second-order valence-corrected chi connectivity index (χ2v) is 8.38. The molecule has 0 unspecified atom stereocenters. The molecule has 1 aliphatic carbocycles. The average Bonchev–Trinajstić information content (AvgIpc) is 1.89. The molecule has 3 nitrogen and oxygen atoms in total. The maximum absolute atomic E-state index is 11.7. The Balaban J connectivity index is 2.50. The van der Waals surface area contributed by atoms with Crippen LogP contribution in [-0.4, -0.2) is 32.5 Å². The van der Waals surface area contributed by atoms with E-state index in [1.165, 1.54) is 6.26 Å². The maximum atomic E-state index is 11.7. The highest BCUT2D eigenvalue weighted by atomic mass is 32.2. The summed E-state index contributed by atoms with van der Waals surface area (Å²) < 4.78 is 22.8. The molecular weight excluding hydrogens is 210 g/mol. The fourth-order valence-electron chi connectivity index (χ4n) is 1.92. The normalized spacial score (nSPS) is 21.1. The summed E-state index contributed by atoms with van der Waals surface area (Å²) in [6.45, 7) is 7.92. The van der Waals surface area contributed by atoms with Gasteiger partial charge in [-0.2, -0.15) is 0 Å². The van der Waals surface area contributed by atoms with E-state index >= 15 is 0 Å². The molecule has 90 valence electrons. The fraction of sp³-hybridized carbons (Fsp3) is 1.00. The zero-order valence-corrected chi connectivity index (χ0v) is 11.1. The molecule has 15 heavy (non-hydrogen) atoms. The summed E-state index contributed by atoms with van der Waals surface area (Å²) in [5, 5.41) is 3.30. The van der Waals surface area contributed by atoms with Gasteiger partial charge < -0.3 is 5.32 Å². The molecule has 4 heteroatoms. The zero-order chi connectivity index (χ0) is 11.7. The Morgan fingerprint density at radius 2 is 1.80 bits per heavy atom. The van der Waals surface area contributed by atoms with Crippen molar-refractivity contribution in [1.82, 2.24) is 5.32 Å². The van der Waals surface area contributed by atoms with Crippen molar-refractivity contribution in [1.29, 1.82) is 0 Å². The lowest BCUT2D eigenvalue weighted by Crippen LogP contribution is -2.53. The van der Waals surface area contributed by atoms with Gasteiger partial charge in [0.2, 0.25) is 0 Å². The molecule has 1 rings (SSSR count). The van der Waals surface area contributed by atoms with Gasteiger partial charge in [0.05, 0.1) is 4.75 Å². The van der Waals surface area contributed by atoms with Crippen molar-refractivity contribution in [3.8, 4) is 0 Å². The molecule has 0 amide bonds. The molecule has 0 bridgehead atoms. The van der Waals surface area contributed by atoms with Gasteiger partial charge in [-0.25, -0.2) is 8.42 Å². The molecule has 0 atom stereocenters. The van der Waals surface area contributed by atoms with Gasteiger partial charge in [-0.1, -0.05) is 27.2 Å². The molecule has 0 radical (unpaired) electrons. The summed E-state index contributed by atoms with van der Waals surface area (Å²) in [6.07, 6.45) is 4.06. The maximum Gasteiger partial charge on any atom is 0.154 e. The average molecular weight is 233 g/mol. The van der Waals surface area contributed by atoms with E-state index < -0.39 is 14.6 Å². The monoisotopic (exact) mass is 233 g/mol. The predicted octanol–water partition coefficient (Wildman–Crippen LogP) is 1.59. The largest absolute Gasteiger partial charge is 0.315 e. The summed E-state index contributed by atoms with van der Waals surface area (Å²) in [5.41, 5.74) is 0.211. The molecule has 0 aliphatic heterocycles. The second-order valence-electron chi connectivity index (χ2n) is 5.97. The lowest BCUT2D eigenvalue weighted by atomic mass is 9.84. The zero-order valence-electron chi connectivity index (χ0n) is 10.3. The van der Waals surface area contributed by atoms with Crippen molar-refractivity contribution in [2.45, 2.75) is 44.8 Å². The molecule has 1 N–H and O–H groups in total. The van der Waals surface area contributed by atoms with E-state index in [0.29, 0.717) is 6.54 Å². The van der Waals surface area contributed by atoms with Crippen molar-refractivity contribution in [3.05, 3.63) is 0 Å². The van der Waals surface area contributed by atoms with E-state index in [4.69, 9.17) is 0 Å². The van der Waals surface area contributed by atoms with Crippen LogP contribution in [0.4, 0.5) is 0 Å². The van der Waals surface area contributed by atoms with E-state index in [1.54, 1.807) is 0 Å².